The third-order valence-electron chi connectivity index (χ3n) is 3.07. The van der Waals surface area contributed by atoms with Crippen LogP contribution in [0.15, 0.2) is 24.3 Å². The molecule has 0 unspecified atom stereocenters. The van der Waals surface area contributed by atoms with E-state index >= 15 is 0 Å². The van der Waals surface area contributed by atoms with Crippen LogP contribution >= 0.6 is 0 Å². The fourth-order valence-electron chi connectivity index (χ4n) is 2.00. The minimum Gasteiger partial charge on any atom is -0.399 e. The van der Waals surface area contributed by atoms with Crippen LogP contribution in [0.1, 0.15) is 31.1 Å². The van der Waals surface area contributed by atoms with E-state index in [9.17, 15) is 0 Å². The van der Waals surface area contributed by atoms with E-state index in [2.05, 4.69) is 30.0 Å². The molecule has 2 N–H and O–H groups in total. The summed E-state index contributed by atoms with van der Waals surface area (Å²) in [7, 11) is 0. The Hall–Kier alpha value is -1.84. The Labute approximate surface area is 108 Å². The largest absolute Gasteiger partial charge is 0.399 e. The number of anilines is 1. The molecule has 2 aromatic rings. The highest BCUT2D eigenvalue weighted by atomic mass is 15.3. The number of rotatable bonds is 5. The summed E-state index contributed by atoms with van der Waals surface area (Å²) >= 11 is 0. The fraction of sp³-hybridized carbons (Fsp3) is 0.429. The summed E-state index contributed by atoms with van der Waals surface area (Å²) in [5.41, 5.74) is 7.97. The number of aryl methyl sites for hydroxylation is 4. The molecular formula is C14H20N4. The van der Waals surface area contributed by atoms with Crippen LogP contribution in [0, 0.1) is 0 Å². The Morgan fingerprint density at radius 2 is 1.94 bits per heavy atom. The van der Waals surface area contributed by atoms with Crippen LogP contribution in [0.3, 0.4) is 0 Å². The lowest BCUT2D eigenvalue weighted by Crippen LogP contribution is -2.08. The van der Waals surface area contributed by atoms with Crippen molar-refractivity contribution in [3.8, 4) is 0 Å². The van der Waals surface area contributed by atoms with E-state index in [1.807, 2.05) is 22.9 Å². The van der Waals surface area contributed by atoms with Crippen LogP contribution < -0.4 is 5.73 Å². The third kappa shape index (κ3) is 2.70. The summed E-state index contributed by atoms with van der Waals surface area (Å²) in [5.74, 6) is 1.98. The topological polar surface area (TPSA) is 56.7 Å². The molecule has 96 valence electrons. The van der Waals surface area contributed by atoms with Gasteiger partial charge in [-0.15, -0.1) is 0 Å². The summed E-state index contributed by atoms with van der Waals surface area (Å²) in [6, 6.07) is 7.99. The van der Waals surface area contributed by atoms with E-state index < -0.39 is 0 Å². The molecule has 1 aromatic carbocycles. The highest BCUT2D eigenvalue weighted by Crippen LogP contribution is 2.12. The number of hydrogen-bond donors (Lipinski definition) is 1. The predicted octanol–water partition coefficient (Wildman–Crippen LogP) is 2.23. The van der Waals surface area contributed by atoms with Gasteiger partial charge in [0.2, 0.25) is 0 Å². The van der Waals surface area contributed by atoms with Gasteiger partial charge >= 0.3 is 0 Å². The molecule has 4 heteroatoms. The van der Waals surface area contributed by atoms with Crippen LogP contribution in [-0.4, -0.2) is 14.8 Å². The maximum absolute atomic E-state index is 5.94. The van der Waals surface area contributed by atoms with Gasteiger partial charge in [-0.2, -0.15) is 5.10 Å². The van der Waals surface area contributed by atoms with Crippen LogP contribution in [0.5, 0.6) is 0 Å². The van der Waals surface area contributed by atoms with Crippen molar-refractivity contribution in [3.63, 3.8) is 0 Å². The van der Waals surface area contributed by atoms with Gasteiger partial charge in [0.15, 0.2) is 5.82 Å². The van der Waals surface area contributed by atoms with Crippen molar-refractivity contribution in [1.82, 2.24) is 14.8 Å². The molecule has 0 radical (unpaired) electrons. The van der Waals surface area contributed by atoms with E-state index in [1.54, 1.807) is 0 Å². The van der Waals surface area contributed by atoms with Crippen molar-refractivity contribution < 1.29 is 0 Å². The van der Waals surface area contributed by atoms with Gasteiger partial charge in [0.1, 0.15) is 5.82 Å². The van der Waals surface area contributed by atoms with Crippen LogP contribution in [-0.2, 0) is 25.8 Å². The second-order valence-electron chi connectivity index (χ2n) is 4.32. The van der Waals surface area contributed by atoms with Crippen molar-refractivity contribution in [2.24, 2.45) is 0 Å². The average Bonchev–Trinajstić information content (AvgIpc) is 2.80. The smallest absolute Gasteiger partial charge is 0.150 e. The number of hydrogen-bond acceptors (Lipinski definition) is 3. The molecule has 2 rings (SSSR count). The van der Waals surface area contributed by atoms with Gasteiger partial charge in [-0.25, -0.2) is 9.67 Å². The zero-order chi connectivity index (χ0) is 13.0. The molecule has 1 heterocycles. The molecular weight excluding hydrogens is 224 g/mol. The summed E-state index contributed by atoms with van der Waals surface area (Å²) in [6.07, 6.45) is 2.69. The van der Waals surface area contributed by atoms with E-state index in [0.717, 1.165) is 43.1 Å². The molecule has 1 aromatic heterocycles. The van der Waals surface area contributed by atoms with Crippen LogP contribution in [0.4, 0.5) is 5.69 Å². The summed E-state index contributed by atoms with van der Waals surface area (Å²) in [6.45, 7) is 5.02. The van der Waals surface area contributed by atoms with E-state index in [0.29, 0.717) is 0 Å². The third-order valence-corrected chi connectivity index (χ3v) is 3.07. The first kappa shape index (κ1) is 12.6. The van der Waals surface area contributed by atoms with Gasteiger partial charge < -0.3 is 5.73 Å². The Morgan fingerprint density at radius 1 is 1.17 bits per heavy atom. The quantitative estimate of drug-likeness (QED) is 0.820. The highest BCUT2D eigenvalue weighted by molar-refractivity contribution is 5.46. The molecule has 18 heavy (non-hydrogen) atoms. The number of benzene rings is 1. The number of para-hydroxylation sites is 1. The average molecular weight is 244 g/mol. The number of nitrogens with zero attached hydrogens (tertiary/aromatic N) is 3. The predicted molar refractivity (Wildman–Crippen MR) is 73.3 cm³/mol. The molecule has 4 nitrogen and oxygen atoms in total. The van der Waals surface area contributed by atoms with Crippen molar-refractivity contribution in [2.75, 3.05) is 5.73 Å². The van der Waals surface area contributed by atoms with Crippen molar-refractivity contribution in [3.05, 3.63) is 41.5 Å². The molecule has 0 saturated heterocycles. The molecule has 0 bridgehead atoms. The first-order valence-corrected chi connectivity index (χ1v) is 6.50. The van der Waals surface area contributed by atoms with Crippen molar-refractivity contribution >= 4 is 5.69 Å². The Morgan fingerprint density at radius 3 is 2.61 bits per heavy atom. The molecule has 0 amide bonds. The maximum Gasteiger partial charge on any atom is 0.150 e. The fourth-order valence-corrected chi connectivity index (χ4v) is 2.00. The van der Waals surface area contributed by atoms with E-state index in [4.69, 9.17) is 5.73 Å². The monoisotopic (exact) mass is 244 g/mol. The number of aromatic nitrogens is 3. The minimum absolute atomic E-state index is 0.838. The first-order chi connectivity index (χ1) is 8.74. The second kappa shape index (κ2) is 5.67. The van der Waals surface area contributed by atoms with Gasteiger partial charge in [0.25, 0.3) is 0 Å². The zero-order valence-electron chi connectivity index (χ0n) is 11.1. The Balaban J connectivity index is 2.10. The van der Waals surface area contributed by atoms with Crippen LogP contribution in [0.25, 0.3) is 0 Å². The molecule has 0 aliphatic heterocycles. The molecule has 0 saturated carbocycles. The van der Waals surface area contributed by atoms with E-state index in [-0.39, 0.29) is 0 Å². The maximum atomic E-state index is 5.94. The van der Waals surface area contributed by atoms with Crippen molar-refractivity contribution in [2.45, 2.75) is 39.7 Å². The molecule has 0 spiro atoms. The second-order valence-corrected chi connectivity index (χ2v) is 4.32. The molecule has 0 aliphatic carbocycles. The molecule has 0 aliphatic rings. The van der Waals surface area contributed by atoms with Gasteiger partial charge in [-0.3, -0.25) is 0 Å². The van der Waals surface area contributed by atoms with Gasteiger partial charge in [0, 0.05) is 25.1 Å². The molecule has 0 fully saturated rings. The zero-order valence-corrected chi connectivity index (χ0v) is 11.1. The summed E-state index contributed by atoms with van der Waals surface area (Å²) in [5, 5.41) is 4.51. The summed E-state index contributed by atoms with van der Waals surface area (Å²) < 4.78 is 2.01. The van der Waals surface area contributed by atoms with Crippen molar-refractivity contribution in [1.29, 1.82) is 0 Å². The lowest BCUT2D eigenvalue weighted by molar-refractivity contribution is 0.579. The summed E-state index contributed by atoms with van der Waals surface area (Å²) in [4.78, 5) is 4.50. The molecule has 0 atom stereocenters. The number of nitrogen functional groups attached to an aromatic ring is 1. The van der Waals surface area contributed by atoms with Gasteiger partial charge in [0.05, 0.1) is 0 Å². The van der Waals surface area contributed by atoms with Crippen LogP contribution in [0.2, 0.25) is 0 Å². The normalized spacial score (nSPS) is 10.8. The Bertz CT molecular complexity index is 516. The first-order valence-electron chi connectivity index (χ1n) is 6.50. The van der Waals surface area contributed by atoms with Gasteiger partial charge in [-0.05, 0) is 18.1 Å². The highest BCUT2D eigenvalue weighted by Gasteiger charge is 2.07. The minimum atomic E-state index is 0.838. The lowest BCUT2D eigenvalue weighted by Gasteiger charge is -2.06. The van der Waals surface area contributed by atoms with Gasteiger partial charge in [-0.1, -0.05) is 32.0 Å². The lowest BCUT2D eigenvalue weighted by atomic mass is 10.1. The standard InChI is InChI=1S/C14H20N4/c1-3-13-16-14(4-2)18(17-13)10-9-11-7-5-6-8-12(11)15/h5-8H,3-4,9-10,15H2,1-2H3. The van der Waals surface area contributed by atoms with E-state index in [1.165, 1.54) is 5.56 Å². The SMILES string of the molecule is CCc1nc(CC)n(CCc2ccccc2N)n1. The Kier molecular flexibility index (Phi) is 3.97. The number of nitrogens with two attached hydrogens (primary N) is 1.